The molecule has 1 aromatic carbocycles. The Kier molecular flexibility index (Phi) is 5.83. The molecule has 2 fully saturated rings. The zero-order chi connectivity index (χ0) is 16.2. The van der Waals surface area contributed by atoms with Crippen molar-refractivity contribution in [3.8, 4) is 11.5 Å². The summed E-state index contributed by atoms with van der Waals surface area (Å²) in [7, 11) is 1.62. The van der Waals surface area contributed by atoms with Gasteiger partial charge in [0.15, 0.2) is 11.5 Å². The molecule has 128 valence electrons. The van der Waals surface area contributed by atoms with E-state index in [0.717, 1.165) is 36.2 Å². The summed E-state index contributed by atoms with van der Waals surface area (Å²) < 4.78 is 6.35. The van der Waals surface area contributed by atoms with Gasteiger partial charge >= 0.3 is 0 Å². The van der Waals surface area contributed by atoms with Crippen LogP contribution >= 0.6 is 15.9 Å². The molecule has 1 heterocycles. The maximum Gasteiger partial charge on any atom is 0.162 e. The van der Waals surface area contributed by atoms with Gasteiger partial charge in [-0.1, -0.05) is 35.2 Å². The van der Waals surface area contributed by atoms with Crippen molar-refractivity contribution in [2.75, 3.05) is 33.3 Å². The van der Waals surface area contributed by atoms with Crippen LogP contribution in [0.15, 0.2) is 16.6 Å². The summed E-state index contributed by atoms with van der Waals surface area (Å²) >= 11 is 3.58. The number of halogens is 1. The minimum Gasteiger partial charge on any atom is -0.504 e. The standard InChI is InChI=1S/C18H27BrN2O2/c1-23-16-12-14(19)11-15(18(16)22)17(13-5-3-2-4-6-13)21-9-7-20-8-10-21/h11-13,17,20,22H,2-10H2,1H3/t17-/m1/s1. The first-order chi connectivity index (χ1) is 11.2. The molecule has 2 aliphatic rings. The fourth-order valence-electron chi connectivity index (χ4n) is 4.13. The Bertz CT molecular complexity index is 508. The van der Waals surface area contributed by atoms with E-state index in [2.05, 4.69) is 32.2 Å². The van der Waals surface area contributed by atoms with Gasteiger partial charge in [-0.2, -0.15) is 0 Å². The Hall–Kier alpha value is -0.780. The normalized spacial score (nSPS) is 22.0. The molecule has 1 atom stereocenters. The number of hydrogen-bond acceptors (Lipinski definition) is 4. The average Bonchev–Trinajstić information content (AvgIpc) is 2.60. The Balaban J connectivity index is 1.98. The quantitative estimate of drug-likeness (QED) is 0.833. The number of nitrogens with zero attached hydrogens (tertiary/aromatic N) is 1. The number of nitrogens with one attached hydrogen (secondary N) is 1. The van der Waals surface area contributed by atoms with Crippen LogP contribution in [-0.2, 0) is 0 Å². The monoisotopic (exact) mass is 382 g/mol. The van der Waals surface area contributed by atoms with Crippen molar-refractivity contribution >= 4 is 15.9 Å². The highest BCUT2D eigenvalue weighted by Crippen LogP contribution is 2.45. The molecule has 0 aromatic heterocycles. The minimum absolute atomic E-state index is 0.281. The van der Waals surface area contributed by atoms with Gasteiger partial charge in [0.05, 0.1) is 7.11 Å². The molecule has 1 aliphatic heterocycles. The molecule has 0 spiro atoms. The number of rotatable bonds is 4. The van der Waals surface area contributed by atoms with Crippen molar-refractivity contribution < 1.29 is 9.84 Å². The van der Waals surface area contributed by atoms with Crippen molar-refractivity contribution in [1.29, 1.82) is 0 Å². The summed E-state index contributed by atoms with van der Waals surface area (Å²) in [6.07, 6.45) is 6.46. The smallest absolute Gasteiger partial charge is 0.162 e. The van der Waals surface area contributed by atoms with E-state index in [1.807, 2.05) is 6.07 Å². The predicted molar refractivity (Wildman–Crippen MR) is 96.1 cm³/mol. The third-order valence-electron chi connectivity index (χ3n) is 5.25. The first-order valence-corrected chi connectivity index (χ1v) is 9.51. The highest BCUT2D eigenvalue weighted by atomic mass is 79.9. The number of benzene rings is 1. The maximum atomic E-state index is 10.8. The molecule has 23 heavy (non-hydrogen) atoms. The molecule has 1 saturated carbocycles. The molecular formula is C18H27BrN2O2. The third-order valence-corrected chi connectivity index (χ3v) is 5.71. The molecule has 3 rings (SSSR count). The number of hydrogen-bond donors (Lipinski definition) is 2. The van der Waals surface area contributed by atoms with Crippen LogP contribution < -0.4 is 10.1 Å². The van der Waals surface area contributed by atoms with Crippen LogP contribution in [0.25, 0.3) is 0 Å². The van der Waals surface area contributed by atoms with Crippen LogP contribution in [0.4, 0.5) is 0 Å². The lowest BCUT2D eigenvalue weighted by Gasteiger charge is -2.41. The Labute approximate surface area is 147 Å². The Morgan fingerprint density at radius 2 is 1.91 bits per heavy atom. The van der Waals surface area contributed by atoms with Crippen molar-refractivity contribution in [3.63, 3.8) is 0 Å². The van der Waals surface area contributed by atoms with Crippen LogP contribution in [0.2, 0.25) is 0 Å². The van der Waals surface area contributed by atoms with Crippen LogP contribution in [0, 0.1) is 5.92 Å². The van der Waals surface area contributed by atoms with E-state index in [0.29, 0.717) is 17.4 Å². The lowest BCUT2D eigenvalue weighted by atomic mass is 9.80. The van der Waals surface area contributed by atoms with E-state index in [9.17, 15) is 5.11 Å². The molecule has 0 amide bonds. The molecule has 0 bridgehead atoms. The van der Waals surface area contributed by atoms with Crippen molar-refractivity contribution in [2.24, 2.45) is 5.92 Å². The molecule has 1 aromatic rings. The van der Waals surface area contributed by atoms with Crippen molar-refractivity contribution in [2.45, 2.75) is 38.1 Å². The van der Waals surface area contributed by atoms with Gasteiger partial charge in [-0.05, 0) is 30.9 Å². The number of aromatic hydroxyl groups is 1. The first kappa shape index (κ1) is 17.1. The number of phenols is 1. The second kappa shape index (κ2) is 7.86. The van der Waals surface area contributed by atoms with Gasteiger partial charge in [0.25, 0.3) is 0 Å². The van der Waals surface area contributed by atoms with Gasteiger partial charge in [-0.3, -0.25) is 4.90 Å². The highest BCUT2D eigenvalue weighted by Gasteiger charge is 2.33. The van der Waals surface area contributed by atoms with Gasteiger partial charge < -0.3 is 15.2 Å². The van der Waals surface area contributed by atoms with E-state index in [4.69, 9.17) is 4.74 Å². The number of ether oxygens (including phenoxy) is 1. The van der Waals surface area contributed by atoms with Crippen molar-refractivity contribution in [1.82, 2.24) is 10.2 Å². The summed E-state index contributed by atoms with van der Waals surface area (Å²) in [5.74, 6) is 1.49. The zero-order valence-corrected chi connectivity index (χ0v) is 15.4. The van der Waals surface area contributed by atoms with Crippen molar-refractivity contribution in [3.05, 3.63) is 22.2 Å². The minimum atomic E-state index is 0.281. The van der Waals surface area contributed by atoms with Crippen LogP contribution in [0.5, 0.6) is 11.5 Å². The van der Waals surface area contributed by atoms with Gasteiger partial charge in [-0.15, -0.1) is 0 Å². The van der Waals surface area contributed by atoms with Gasteiger partial charge in [-0.25, -0.2) is 0 Å². The van der Waals surface area contributed by atoms with E-state index in [1.54, 1.807) is 7.11 Å². The van der Waals surface area contributed by atoms with Gasteiger partial charge in [0, 0.05) is 42.3 Å². The van der Waals surface area contributed by atoms with E-state index in [1.165, 1.54) is 32.1 Å². The fraction of sp³-hybridized carbons (Fsp3) is 0.667. The number of phenolic OH excluding ortho intramolecular Hbond substituents is 1. The number of piperazine rings is 1. The SMILES string of the molecule is COc1cc(Br)cc([C@@H](C2CCCCC2)N2CCNCC2)c1O. The number of methoxy groups -OCH3 is 1. The van der Waals surface area contributed by atoms with Gasteiger partial charge in [0.2, 0.25) is 0 Å². The predicted octanol–water partition coefficient (Wildman–Crippen LogP) is 3.69. The average molecular weight is 383 g/mol. The molecule has 5 heteroatoms. The van der Waals surface area contributed by atoms with E-state index >= 15 is 0 Å². The van der Waals surface area contributed by atoms with E-state index in [-0.39, 0.29) is 6.04 Å². The summed E-state index contributed by atoms with van der Waals surface area (Å²) in [4.78, 5) is 2.55. The lowest BCUT2D eigenvalue weighted by molar-refractivity contribution is 0.101. The molecule has 1 aliphatic carbocycles. The summed E-state index contributed by atoms with van der Waals surface area (Å²) in [6, 6.07) is 4.21. The van der Waals surface area contributed by atoms with Crippen LogP contribution in [0.1, 0.15) is 43.7 Å². The Morgan fingerprint density at radius 3 is 2.57 bits per heavy atom. The zero-order valence-electron chi connectivity index (χ0n) is 13.9. The molecular weight excluding hydrogens is 356 g/mol. The fourth-order valence-corrected chi connectivity index (χ4v) is 4.59. The largest absolute Gasteiger partial charge is 0.504 e. The molecule has 0 radical (unpaired) electrons. The second-order valence-corrected chi connectivity index (χ2v) is 7.59. The topological polar surface area (TPSA) is 44.7 Å². The summed E-state index contributed by atoms with van der Waals surface area (Å²) in [5, 5.41) is 14.2. The summed E-state index contributed by atoms with van der Waals surface area (Å²) in [5.41, 5.74) is 1.02. The second-order valence-electron chi connectivity index (χ2n) is 6.67. The molecule has 2 N–H and O–H groups in total. The maximum absolute atomic E-state index is 10.8. The highest BCUT2D eigenvalue weighted by molar-refractivity contribution is 9.10. The van der Waals surface area contributed by atoms with E-state index < -0.39 is 0 Å². The lowest BCUT2D eigenvalue weighted by Crippen LogP contribution is -2.47. The first-order valence-electron chi connectivity index (χ1n) is 8.72. The molecule has 1 saturated heterocycles. The third kappa shape index (κ3) is 3.83. The van der Waals surface area contributed by atoms with Crippen LogP contribution in [0.3, 0.4) is 0 Å². The molecule has 4 nitrogen and oxygen atoms in total. The van der Waals surface area contributed by atoms with Crippen LogP contribution in [-0.4, -0.2) is 43.3 Å². The molecule has 0 unspecified atom stereocenters. The van der Waals surface area contributed by atoms with Gasteiger partial charge in [0.1, 0.15) is 0 Å². The Morgan fingerprint density at radius 1 is 1.22 bits per heavy atom. The summed E-state index contributed by atoms with van der Waals surface area (Å²) in [6.45, 7) is 4.12.